The zero-order valence-electron chi connectivity index (χ0n) is 8.60. The number of hydrogen-bond acceptors (Lipinski definition) is 2. The Bertz CT molecular complexity index is 307. The van der Waals surface area contributed by atoms with Gasteiger partial charge in [0.2, 0.25) is 0 Å². The van der Waals surface area contributed by atoms with E-state index in [4.69, 9.17) is 5.11 Å². The molecule has 1 aromatic heterocycles. The number of imidazole rings is 1. The molecule has 0 saturated carbocycles. The molecule has 1 rings (SSSR count). The Morgan fingerprint density at radius 2 is 2.36 bits per heavy atom. The van der Waals surface area contributed by atoms with Crippen molar-refractivity contribution in [1.82, 2.24) is 9.55 Å². The van der Waals surface area contributed by atoms with Gasteiger partial charge in [-0.2, -0.15) is 0 Å². The molecule has 0 saturated heterocycles. The molecule has 4 nitrogen and oxygen atoms in total. The number of carbonyl (C=O) groups is 1. The van der Waals surface area contributed by atoms with Gasteiger partial charge in [-0.1, -0.05) is 13.8 Å². The number of carboxylic acids is 1. The van der Waals surface area contributed by atoms with E-state index in [1.54, 1.807) is 6.20 Å². The molecule has 14 heavy (non-hydrogen) atoms. The Hall–Kier alpha value is -1.32. The van der Waals surface area contributed by atoms with E-state index in [-0.39, 0.29) is 0 Å². The van der Waals surface area contributed by atoms with E-state index in [9.17, 15) is 4.79 Å². The van der Waals surface area contributed by atoms with Gasteiger partial charge in [0.15, 0.2) is 0 Å². The summed E-state index contributed by atoms with van der Waals surface area (Å²) in [6.45, 7) is 4.76. The van der Waals surface area contributed by atoms with Gasteiger partial charge in [0.05, 0.1) is 0 Å². The van der Waals surface area contributed by atoms with Gasteiger partial charge in [0.25, 0.3) is 0 Å². The van der Waals surface area contributed by atoms with Gasteiger partial charge in [-0.05, 0) is 12.8 Å². The summed E-state index contributed by atoms with van der Waals surface area (Å²) in [7, 11) is 0. The van der Waals surface area contributed by atoms with Crippen molar-refractivity contribution in [3.63, 3.8) is 0 Å². The summed E-state index contributed by atoms with van der Waals surface area (Å²) < 4.78 is 1.92. The molecule has 0 aliphatic heterocycles. The fourth-order valence-electron chi connectivity index (χ4n) is 1.53. The van der Waals surface area contributed by atoms with Gasteiger partial charge in [-0.15, -0.1) is 0 Å². The summed E-state index contributed by atoms with van der Waals surface area (Å²) in [4.78, 5) is 15.0. The van der Waals surface area contributed by atoms with Gasteiger partial charge in [-0.25, -0.2) is 4.98 Å². The van der Waals surface area contributed by atoms with Gasteiger partial charge in [-0.3, -0.25) is 4.79 Å². The largest absolute Gasteiger partial charge is 0.481 e. The van der Waals surface area contributed by atoms with Crippen LogP contribution in [-0.4, -0.2) is 20.6 Å². The molecule has 1 aromatic rings. The fourth-order valence-corrected chi connectivity index (χ4v) is 1.53. The fraction of sp³-hybridized carbons (Fsp3) is 0.600. The number of aromatic nitrogens is 2. The Kier molecular flexibility index (Phi) is 3.68. The average Bonchev–Trinajstić information content (AvgIpc) is 2.55. The quantitative estimate of drug-likeness (QED) is 0.782. The first-order valence-corrected chi connectivity index (χ1v) is 4.94. The minimum atomic E-state index is -0.795. The second-order valence-electron chi connectivity index (χ2n) is 3.28. The van der Waals surface area contributed by atoms with E-state index in [2.05, 4.69) is 11.9 Å². The third kappa shape index (κ3) is 2.13. The van der Waals surface area contributed by atoms with Crippen molar-refractivity contribution < 1.29 is 9.90 Å². The molecule has 1 atom stereocenters. The highest BCUT2D eigenvalue weighted by Gasteiger charge is 2.21. The zero-order valence-corrected chi connectivity index (χ0v) is 8.60. The highest BCUT2D eigenvalue weighted by molar-refractivity contribution is 5.74. The number of nitrogens with zero attached hydrogens (tertiary/aromatic N) is 2. The molecule has 4 heteroatoms. The molecule has 1 unspecified atom stereocenters. The number of hydrogen-bond donors (Lipinski definition) is 1. The lowest BCUT2D eigenvalue weighted by atomic mass is 10.1. The summed E-state index contributed by atoms with van der Waals surface area (Å²) in [5.74, 6) is -0.602. The third-order valence-electron chi connectivity index (χ3n) is 2.23. The van der Waals surface area contributed by atoms with Gasteiger partial charge >= 0.3 is 5.97 Å². The molecule has 78 valence electrons. The number of aliphatic carboxylic acids is 1. The van der Waals surface area contributed by atoms with Crippen LogP contribution in [0.2, 0.25) is 0 Å². The minimum absolute atomic E-state index is 0.475. The van der Waals surface area contributed by atoms with E-state index >= 15 is 0 Å². The molecule has 0 aliphatic carbocycles. The minimum Gasteiger partial charge on any atom is -0.481 e. The van der Waals surface area contributed by atoms with Crippen molar-refractivity contribution in [2.24, 2.45) is 0 Å². The lowest BCUT2D eigenvalue weighted by Gasteiger charge is -2.11. The average molecular weight is 196 g/mol. The summed E-state index contributed by atoms with van der Waals surface area (Å²) in [6, 6.07) is 0. The second-order valence-corrected chi connectivity index (χ2v) is 3.28. The Balaban J connectivity index is 2.91. The maximum absolute atomic E-state index is 10.9. The van der Waals surface area contributed by atoms with E-state index in [0.717, 1.165) is 13.0 Å². The maximum Gasteiger partial charge on any atom is 0.314 e. The topological polar surface area (TPSA) is 55.1 Å². The lowest BCUT2D eigenvalue weighted by Crippen LogP contribution is -2.16. The van der Waals surface area contributed by atoms with Crippen LogP contribution in [-0.2, 0) is 11.3 Å². The molecular formula is C10H16N2O2. The maximum atomic E-state index is 10.9. The van der Waals surface area contributed by atoms with E-state index in [1.165, 1.54) is 0 Å². The molecule has 0 amide bonds. The third-order valence-corrected chi connectivity index (χ3v) is 2.23. The molecule has 0 aliphatic rings. The van der Waals surface area contributed by atoms with Gasteiger partial charge < -0.3 is 9.67 Å². The van der Waals surface area contributed by atoms with Crippen molar-refractivity contribution in [1.29, 1.82) is 0 Å². The summed E-state index contributed by atoms with van der Waals surface area (Å²) in [6.07, 6.45) is 5.07. The number of carboxylic acid groups (broad SMARTS) is 1. The standard InChI is InChI=1S/C10H16N2O2/c1-3-6-12-7-5-11-9(12)8(4-2)10(13)14/h5,7-8H,3-4,6H2,1-2H3,(H,13,14). The molecule has 1 N–H and O–H groups in total. The molecule has 0 radical (unpaired) electrons. The number of aryl methyl sites for hydroxylation is 1. The Morgan fingerprint density at radius 3 is 2.86 bits per heavy atom. The molecule has 0 spiro atoms. The normalized spacial score (nSPS) is 12.7. The molecule has 0 fully saturated rings. The first-order valence-electron chi connectivity index (χ1n) is 4.94. The predicted molar refractivity (Wildman–Crippen MR) is 53.2 cm³/mol. The molecule has 0 aromatic carbocycles. The highest BCUT2D eigenvalue weighted by Crippen LogP contribution is 2.18. The highest BCUT2D eigenvalue weighted by atomic mass is 16.4. The van der Waals surface area contributed by atoms with Gasteiger partial charge in [0, 0.05) is 18.9 Å². The van der Waals surface area contributed by atoms with Crippen molar-refractivity contribution >= 4 is 5.97 Å². The van der Waals surface area contributed by atoms with Crippen LogP contribution in [0, 0.1) is 0 Å². The zero-order chi connectivity index (χ0) is 10.6. The van der Waals surface area contributed by atoms with Crippen LogP contribution < -0.4 is 0 Å². The molecule has 0 bridgehead atoms. The second kappa shape index (κ2) is 4.79. The molecular weight excluding hydrogens is 180 g/mol. The van der Waals surface area contributed by atoms with Crippen LogP contribution in [0.4, 0.5) is 0 Å². The van der Waals surface area contributed by atoms with E-state index in [0.29, 0.717) is 12.2 Å². The van der Waals surface area contributed by atoms with Crippen molar-refractivity contribution in [2.45, 2.75) is 39.2 Å². The van der Waals surface area contributed by atoms with Crippen LogP contribution in [0.15, 0.2) is 12.4 Å². The van der Waals surface area contributed by atoms with E-state index < -0.39 is 11.9 Å². The van der Waals surface area contributed by atoms with E-state index in [1.807, 2.05) is 17.7 Å². The van der Waals surface area contributed by atoms with Crippen LogP contribution in [0.5, 0.6) is 0 Å². The first kappa shape index (κ1) is 10.8. The SMILES string of the molecule is CCCn1ccnc1C(CC)C(=O)O. The predicted octanol–water partition coefficient (Wildman–Crippen LogP) is 1.87. The smallest absolute Gasteiger partial charge is 0.314 e. The Labute approximate surface area is 83.6 Å². The Morgan fingerprint density at radius 1 is 1.64 bits per heavy atom. The molecule has 1 heterocycles. The van der Waals surface area contributed by atoms with Crippen LogP contribution in [0.1, 0.15) is 38.4 Å². The van der Waals surface area contributed by atoms with Crippen molar-refractivity contribution in [3.05, 3.63) is 18.2 Å². The monoisotopic (exact) mass is 196 g/mol. The number of rotatable bonds is 5. The summed E-state index contributed by atoms with van der Waals surface area (Å²) >= 11 is 0. The summed E-state index contributed by atoms with van der Waals surface area (Å²) in [5, 5.41) is 8.98. The van der Waals surface area contributed by atoms with Crippen LogP contribution in [0.3, 0.4) is 0 Å². The first-order chi connectivity index (χ1) is 6.70. The van der Waals surface area contributed by atoms with Crippen molar-refractivity contribution in [2.75, 3.05) is 0 Å². The van der Waals surface area contributed by atoms with Crippen LogP contribution in [0.25, 0.3) is 0 Å². The van der Waals surface area contributed by atoms with Gasteiger partial charge in [0.1, 0.15) is 11.7 Å². The van der Waals surface area contributed by atoms with Crippen LogP contribution >= 0.6 is 0 Å². The van der Waals surface area contributed by atoms with Crippen molar-refractivity contribution in [3.8, 4) is 0 Å². The lowest BCUT2D eigenvalue weighted by molar-refractivity contribution is -0.139. The summed E-state index contributed by atoms with van der Waals surface area (Å²) in [5.41, 5.74) is 0.